The molecule has 8 nitrogen and oxygen atoms in total. The van der Waals surface area contributed by atoms with Crippen molar-refractivity contribution in [1.29, 1.82) is 0 Å². The number of esters is 1. The highest BCUT2D eigenvalue weighted by atomic mass is 32.2. The fourth-order valence-corrected chi connectivity index (χ4v) is 3.50. The zero-order chi connectivity index (χ0) is 21.9. The number of sulfone groups is 1. The smallest absolute Gasteiger partial charge is 0.346 e. The van der Waals surface area contributed by atoms with E-state index >= 15 is 0 Å². The molecule has 3 rings (SSSR count). The molecule has 0 radical (unpaired) electrons. The Balaban J connectivity index is 2.07. The van der Waals surface area contributed by atoms with E-state index in [1.54, 1.807) is 30.3 Å². The van der Waals surface area contributed by atoms with Gasteiger partial charge in [-0.2, -0.15) is 0 Å². The lowest BCUT2D eigenvalue weighted by molar-refractivity contribution is -0.147. The van der Waals surface area contributed by atoms with Gasteiger partial charge in [0.2, 0.25) is 0 Å². The number of aromatic hydroxyl groups is 1. The van der Waals surface area contributed by atoms with E-state index in [0.29, 0.717) is 0 Å². The number of hydrogen-bond acceptors (Lipinski definition) is 8. The summed E-state index contributed by atoms with van der Waals surface area (Å²) in [5.41, 5.74) is -3.51. The van der Waals surface area contributed by atoms with Crippen LogP contribution in [0.5, 0.6) is 5.75 Å². The number of para-hydroxylation sites is 1. The van der Waals surface area contributed by atoms with Crippen molar-refractivity contribution in [3.63, 3.8) is 0 Å². The predicted octanol–water partition coefficient (Wildman–Crippen LogP) is 1.71. The van der Waals surface area contributed by atoms with Crippen molar-refractivity contribution in [2.24, 2.45) is 0 Å². The summed E-state index contributed by atoms with van der Waals surface area (Å²) in [6.07, 6.45) is 0.261. The number of carbonyl (C=O) groups excluding carboxylic acids is 1. The number of fused-ring (bicyclic) bond motifs is 1. The van der Waals surface area contributed by atoms with E-state index in [1.165, 1.54) is 24.3 Å². The molecule has 1 aromatic heterocycles. The molecule has 0 bridgehead atoms. The second-order valence-corrected chi connectivity index (χ2v) is 9.12. The van der Waals surface area contributed by atoms with Gasteiger partial charge in [-0.3, -0.25) is 4.79 Å². The second-order valence-electron chi connectivity index (χ2n) is 6.86. The summed E-state index contributed by atoms with van der Waals surface area (Å²) in [4.78, 5) is 25.1. The molecule has 2 aromatic carbocycles. The highest BCUT2D eigenvalue weighted by Crippen LogP contribution is 2.39. The van der Waals surface area contributed by atoms with Gasteiger partial charge >= 0.3 is 11.6 Å². The van der Waals surface area contributed by atoms with Gasteiger partial charge in [0, 0.05) is 6.26 Å². The highest BCUT2D eigenvalue weighted by molar-refractivity contribution is 7.90. The summed E-state index contributed by atoms with van der Waals surface area (Å²) in [6, 6.07) is 14.1. The summed E-state index contributed by atoms with van der Waals surface area (Å²) in [6.45, 7) is -0.402. The largest absolute Gasteiger partial charge is 0.506 e. The Labute approximate surface area is 172 Å². The SMILES string of the molecule is CS(=O)(=O)CCOC(=O)CC(O)(c1ccccc1)c1c(O)c2ccccc2oc1=O. The van der Waals surface area contributed by atoms with Crippen molar-refractivity contribution in [3.8, 4) is 5.75 Å². The molecule has 30 heavy (non-hydrogen) atoms. The van der Waals surface area contributed by atoms with E-state index in [1.807, 2.05) is 0 Å². The van der Waals surface area contributed by atoms with Crippen molar-refractivity contribution < 1.29 is 32.6 Å². The molecule has 9 heteroatoms. The van der Waals surface area contributed by atoms with E-state index in [9.17, 15) is 28.2 Å². The molecule has 0 fully saturated rings. The van der Waals surface area contributed by atoms with Gasteiger partial charge in [-0.15, -0.1) is 0 Å². The van der Waals surface area contributed by atoms with Gasteiger partial charge in [0.25, 0.3) is 0 Å². The fourth-order valence-electron chi connectivity index (χ4n) is 3.11. The average molecular weight is 432 g/mol. The number of hydrogen-bond donors (Lipinski definition) is 2. The quantitative estimate of drug-likeness (QED) is 0.426. The summed E-state index contributed by atoms with van der Waals surface area (Å²) in [7, 11) is -3.35. The van der Waals surface area contributed by atoms with Crippen LogP contribution in [0.3, 0.4) is 0 Å². The third kappa shape index (κ3) is 4.52. The van der Waals surface area contributed by atoms with Crippen LogP contribution in [0.15, 0.2) is 63.8 Å². The molecule has 3 aromatic rings. The lowest BCUT2D eigenvalue weighted by atomic mass is 9.83. The second kappa shape index (κ2) is 8.29. The van der Waals surface area contributed by atoms with Crippen molar-refractivity contribution in [3.05, 3.63) is 76.1 Å². The van der Waals surface area contributed by atoms with Crippen LogP contribution in [0.25, 0.3) is 11.0 Å². The van der Waals surface area contributed by atoms with E-state index in [-0.39, 0.29) is 22.3 Å². The molecular weight excluding hydrogens is 412 g/mol. The minimum Gasteiger partial charge on any atom is -0.506 e. The summed E-state index contributed by atoms with van der Waals surface area (Å²) >= 11 is 0. The van der Waals surface area contributed by atoms with Crippen molar-refractivity contribution in [1.82, 2.24) is 0 Å². The number of aliphatic hydroxyl groups is 1. The standard InChI is InChI=1S/C21H20O8S/c1-30(26,27)12-11-28-17(22)13-21(25,14-7-3-2-4-8-14)18-19(23)15-9-5-6-10-16(15)29-20(18)24/h2-10,23,25H,11-13H2,1H3. The average Bonchev–Trinajstić information content (AvgIpc) is 2.67. The third-order valence-electron chi connectivity index (χ3n) is 4.57. The van der Waals surface area contributed by atoms with Crippen LogP contribution in [-0.4, -0.2) is 43.2 Å². The first-order valence-electron chi connectivity index (χ1n) is 8.98. The minimum atomic E-state index is -3.35. The van der Waals surface area contributed by atoms with Crippen LogP contribution < -0.4 is 5.63 Å². The molecule has 0 saturated heterocycles. The van der Waals surface area contributed by atoms with Crippen LogP contribution in [-0.2, 0) is 25.0 Å². The van der Waals surface area contributed by atoms with Crippen LogP contribution >= 0.6 is 0 Å². The summed E-state index contributed by atoms with van der Waals surface area (Å²) < 4.78 is 32.6. The number of carbonyl (C=O) groups is 1. The van der Waals surface area contributed by atoms with Gasteiger partial charge < -0.3 is 19.4 Å². The lowest BCUT2D eigenvalue weighted by Gasteiger charge is -2.28. The molecule has 2 N–H and O–H groups in total. The van der Waals surface area contributed by atoms with E-state index < -0.39 is 51.4 Å². The number of ether oxygens (including phenoxy) is 1. The van der Waals surface area contributed by atoms with E-state index in [0.717, 1.165) is 6.26 Å². The zero-order valence-electron chi connectivity index (χ0n) is 16.1. The molecule has 0 amide bonds. The molecule has 1 heterocycles. The number of rotatable bonds is 7. The zero-order valence-corrected chi connectivity index (χ0v) is 16.9. The molecule has 1 unspecified atom stereocenters. The Hall–Kier alpha value is -3.17. The van der Waals surface area contributed by atoms with Gasteiger partial charge in [-0.1, -0.05) is 42.5 Å². The Morgan fingerprint density at radius 1 is 1.10 bits per heavy atom. The molecule has 0 spiro atoms. The first-order chi connectivity index (χ1) is 14.1. The normalized spacial score (nSPS) is 13.7. The van der Waals surface area contributed by atoms with Crippen LogP contribution in [0.4, 0.5) is 0 Å². The third-order valence-corrected chi connectivity index (χ3v) is 5.48. The topological polar surface area (TPSA) is 131 Å². The van der Waals surface area contributed by atoms with Gasteiger partial charge in [0.05, 0.1) is 17.6 Å². The predicted molar refractivity (Wildman–Crippen MR) is 109 cm³/mol. The molecule has 0 aliphatic carbocycles. The Bertz CT molecular complexity index is 1230. The van der Waals surface area contributed by atoms with Gasteiger partial charge in [-0.25, -0.2) is 13.2 Å². The van der Waals surface area contributed by atoms with Crippen LogP contribution in [0.2, 0.25) is 0 Å². The van der Waals surface area contributed by atoms with E-state index in [4.69, 9.17) is 9.15 Å². The Kier molecular flexibility index (Phi) is 5.95. The maximum atomic E-state index is 12.7. The Morgan fingerprint density at radius 3 is 2.40 bits per heavy atom. The van der Waals surface area contributed by atoms with E-state index in [2.05, 4.69) is 0 Å². The van der Waals surface area contributed by atoms with Crippen molar-refractivity contribution in [2.75, 3.05) is 18.6 Å². The molecular formula is C21H20O8S. The van der Waals surface area contributed by atoms with Gasteiger partial charge in [-0.05, 0) is 17.7 Å². The monoisotopic (exact) mass is 432 g/mol. The van der Waals surface area contributed by atoms with Crippen molar-refractivity contribution >= 4 is 26.8 Å². The minimum absolute atomic E-state index is 0.120. The maximum absolute atomic E-state index is 12.7. The molecule has 1 atom stereocenters. The first kappa shape index (κ1) is 21.5. The maximum Gasteiger partial charge on any atom is 0.346 e. The fraction of sp³-hybridized carbons (Fsp3) is 0.238. The molecule has 0 aliphatic heterocycles. The summed E-state index contributed by atoms with van der Waals surface area (Å²) in [5.74, 6) is -1.85. The van der Waals surface area contributed by atoms with Crippen molar-refractivity contribution in [2.45, 2.75) is 12.0 Å². The molecule has 158 valence electrons. The first-order valence-corrected chi connectivity index (χ1v) is 11.0. The summed E-state index contributed by atoms with van der Waals surface area (Å²) in [5, 5.41) is 22.4. The van der Waals surface area contributed by atoms with Gasteiger partial charge in [0.1, 0.15) is 29.1 Å². The Morgan fingerprint density at radius 2 is 1.73 bits per heavy atom. The van der Waals surface area contributed by atoms with Gasteiger partial charge in [0.15, 0.2) is 9.84 Å². The molecule has 0 aliphatic rings. The van der Waals surface area contributed by atoms with Crippen LogP contribution in [0.1, 0.15) is 17.5 Å². The van der Waals surface area contributed by atoms with Crippen LogP contribution in [0, 0.1) is 0 Å². The highest BCUT2D eigenvalue weighted by Gasteiger charge is 2.41. The lowest BCUT2D eigenvalue weighted by Crippen LogP contribution is -2.36. The molecule has 0 saturated carbocycles. The number of benzene rings is 2.